The molecule has 1 aliphatic heterocycles. The Morgan fingerprint density at radius 3 is 2.48 bits per heavy atom. The molecule has 0 amide bonds. The maximum absolute atomic E-state index is 14.7. The van der Waals surface area contributed by atoms with E-state index in [2.05, 4.69) is 4.98 Å². The van der Waals surface area contributed by atoms with E-state index in [1.165, 1.54) is 27.0 Å². The lowest BCUT2D eigenvalue weighted by Gasteiger charge is -2.29. The SMILES string of the molecule is CCOP(=O)(OCC)C(F)(F)[C@H]1CC[C@H](n2cc(C)c(=O)[nH]c2=O)O1. The summed E-state index contributed by atoms with van der Waals surface area (Å²) in [7, 11) is -4.72. The van der Waals surface area contributed by atoms with Gasteiger partial charge in [0, 0.05) is 11.8 Å². The Hall–Kier alpha value is -1.35. The van der Waals surface area contributed by atoms with Crippen LogP contribution in [0.2, 0.25) is 0 Å². The molecule has 0 spiro atoms. The van der Waals surface area contributed by atoms with Crippen molar-refractivity contribution in [1.82, 2.24) is 9.55 Å². The van der Waals surface area contributed by atoms with E-state index < -0.39 is 36.8 Å². The predicted octanol–water partition coefficient (Wildman–Crippen LogP) is 2.38. The zero-order valence-electron chi connectivity index (χ0n) is 14.2. The first kappa shape index (κ1) is 20.0. The first-order chi connectivity index (χ1) is 11.7. The van der Waals surface area contributed by atoms with Crippen LogP contribution in [0.5, 0.6) is 0 Å². The van der Waals surface area contributed by atoms with Crippen molar-refractivity contribution in [3.63, 3.8) is 0 Å². The highest BCUT2D eigenvalue weighted by molar-refractivity contribution is 7.55. The van der Waals surface area contributed by atoms with Crippen molar-refractivity contribution in [3.8, 4) is 0 Å². The largest absolute Gasteiger partial charge is 0.402 e. The standard InChI is InChI=1S/C14H21F2N2O6P/c1-4-22-25(21,23-5-2)14(15,16)10-6-7-11(24-10)18-8-9(3)12(19)17-13(18)20/h8,10-11H,4-7H2,1-3H3,(H,17,19,20)/t10-,11-/m1/s1. The van der Waals surface area contributed by atoms with Gasteiger partial charge in [-0.15, -0.1) is 0 Å². The third kappa shape index (κ3) is 3.76. The fourth-order valence-electron chi connectivity index (χ4n) is 2.61. The second-order valence-corrected chi connectivity index (χ2v) is 7.66. The predicted molar refractivity (Wildman–Crippen MR) is 85.0 cm³/mol. The summed E-state index contributed by atoms with van der Waals surface area (Å²) in [6.45, 7) is 3.93. The van der Waals surface area contributed by atoms with Crippen LogP contribution in [0, 0.1) is 6.92 Å². The molecule has 0 bridgehead atoms. The topological polar surface area (TPSA) is 99.6 Å². The van der Waals surface area contributed by atoms with E-state index in [9.17, 15) is 22.9 Å². The lowest BCUT2D eigenvalue weighted by Crippen LogP contribution is -2.37. The first-order valence-electron chi connectivity index (χ1n) is 7.90. The van der Waals surface area contributed by atoms with Crippen LogP contribution in [0.3, 0.4) is 0 Å². The molecule has 1 aliphatic rings. The highest BCUT2D eigenvalue weighted by atomic mass is 31.2. The molecule has 11 heteroatoms. The number of rotatable bonds is 7. The summed E-state index contributed by atoms with van der Waals surface area (Å²) in [4.78, 5) is 25.4. The van der Waals surface area contributed by atoms with Gasteiger partial charge in [-0.2, -0.15) is 8.78 Å². The Morgan fingerprint density at radius 1 is 1.32 bits per heavy atom. The quantitative estimate of drug-likeness (QED) is 0.727. The van der Waals surface area contributed by atoms with Gasteiger partial charge < -0.3 is 13.8 Å². The highest BCUT2D eigenvalue weighted by Gasteiger charge is 2.61. The van der Waals surface area contributed by atoms with E-state index in [0.717, 1.165) is 4.57 Å². The number of halogens is 2. The average molecular weight is 382 g/mol. The molecule has 0 saturated carbocycles. The minimum atomic E-state index is -4.72. The molecule has 2 heterocycles. The number of hydrogen-bond acceptors (Lipinski definition) is 6. The zero-order chi connectivity index (χ0) is 18.8. The second kappa shape index (κ2) is 7.49. The van der Waals surface area contributed by atoms with Gasteiger partial charge in [-0.25, -0.2) is 4.79 Å². The molecular weight excluding hydrogens is 361 g/mol. The molecule has 142 valence electrons. The van der Waals surface area contributed by atoms with Crippen molar-refractivity contribution >= 4 is 7.60 Å². The molecule has 1 fully saturated rings. The number of alkyl halides is 2. The van der Waals surface area contributed by atoms with Crippen molar-refractivity contribution in [1.29, 1.82) is 0 Å². The van der Waals surface area contributed by atoms with Crippen LogP contribution >= 0.6 is 7.60 Å². The Balaban J connectivity index is 2.27. The summed E-state index contributed by atoms with van der Waals surface area (Å²) >= 11 is 0. The summed E-state index contributed by atoms with van der Waals surface area (Å²) in [5, 5.41) is 0. The Bertz CT molecular complexity index is 767. The van der Waals surface area contributed by atoms with Crippen molar-refractivity contribution in [2.75, 3.05) is 13.2 Å². The van der Waals surface area contributed by atoms with E-state index in [1.54, 1.807) is 0 Å². The van der Waals surface area contributed by atoms with Crippen molar-refractivity contribution in [2.45, 2.75) is 51.6 Å². The summed E-state index contributed by atoms with van der Waals surface area (Å²) in [6, 6.07) is 0. The lowest BCUT2D eigenvalue weighted by molar-refractivity contribution is -0.111. The van der Waals surface area contributed by atoms with Crippen LogP contribution in [0.15, 0.2) is 15.8 Å². The highest BCUT2D eigenvalue weighted by Crippen LogP contribution is 2.65. The van der Waals surface area contributed by atoms with Gasteiger partial charge >= 0.3 is 18.9 Å². The molecule has 0 unspecified atom stereocenters. The van der Waals surface area contributed by atoms with Gasteiger partial charge in [0.25, 0.3) is 5.56 Å². The summed E-state index contributed by atoms with van der Waals surface area (Å²) < 4.78 is 57.6. The molecule has 1 aromatic heterocycles. The minimum Gasteiger partial charge on any atom is -0.348 e. The first-order valence-corrected chi connectivity index (χ1v) is 9.45. The summed E-state index contributed by atoms with van der Waals surface area (Å²) in [5.74, 6) is 0. The maximum Gasteiger partial charge on any atom is 0.402 e. The molecule has 2 rings (SSSR count). The molecule has 1 N–H and O–H groups in total. The van der Waals surface area contributed by atoms with Gasteiger partial charge in [-0.3, -0.25) is 18.9 Å². The van der Waals surface area contributed by atoms with E-state index in [4.69, 9.17) is 13.8 Å². The molecule has 1 aromatic rings. The van der Waals surface area contributed by atoms with E-state index in [-0.39, 0.29) is 31.6 Å². The lowest BCUT2D eigenvalue weighted by atomic mass is 10.2. The van der Waals surface area contributed by atoms with Crippen molar-refractivity contribution in [3.05, 3.63) is 32.6 Å². The molecular formula is C14H21F2N2O6P. The normalized spacial score (nSPS) is 21.6. The molecule has 2 atom stereocenters. The van der Waals surface area contributed by atoms with Gasteiger partial charge in [0.15, 0.2) is 0 Å². The fraction of sp³-hybridized carbons (Fsp3) is 0.714. The molecule has 1 saturated heterocycles. The third-order valence-corrected chi connectivity index (χ3v) is 6.02. The van der Waals surface area contributed by atoms with Crippen LogP contribution in [-0.2, 0) is 18.3 Å². The van der Waals surface area contributed by atoms with Crippen LogP contribution in [0.4, 0.5) is 8.78 Å². The number of nitrogens with one attached hydrogen (secondary N) is 1. The van der Waals surface area contributed by atoms with Gasteiger partial charge in [-0.05, 0) is 33.6 Å². The number of nitrogens with zero attached hydrogens (tertiary/aromatic N) is 1. The number of hydrogen-bond donors (Lipinski definition) is 1. The number of H-pyrrole nitrogens is 1. The average Bonchev–Trinajstić information content (AvgIpc) is 3.01. The van der Waals surface area contributed by atoms with Gasteiger partial charge in [0.2, 0.25) is 0 Å². The van der Waals surface area contributed by atoms with Crippen LogP contribution in [0.25, 0.3) is 0 Å². The number of ether oxygens (including phenoxy) is 1. The van der Waals surface area contributed by atoms with Crippen LogP contribution in [-0.4, -0.2) is 34.5 Å². The summed E-state index contributed by atoms with van der Waals surface area (Å²) in [6.07, 6.45) is -1.55. The van der Waals surface area contributed by atoms with Crippen LogP contribution < -0.4 is 11.2 Å². The second-order valence-electron chi connectivity index (χ2n) is 5.56. The minimum absolute atomic E-state index is 0.0872. The monoisotopic (exact) mass is 382 g/mol. The zero-order valence-corrected chi connectivity index (χ0v) is 15.1. The smallest absolute Gasteiger partial charge is 0.348 e. The van der Waals surface area contributed by atoms with E-state index >= 15 is 0 Å². The van der Waals surface area contributed by atoms with Crippen LogP contribution in [0.1, 0.15) is 38.5 Å². The van der Waals surface area contributed by atoms with E-state index in [1.807, 2.05) is 0 Å². The number of aromatic nitrogens is 2. The van der Waals surface area contributed by atoms with Crippen molar-refractivity contribution in [2.24, 2.45) is 0 Å². The number of aromatic amines is 1. The Labute approximate surface area is 142 Å². The molecule has 0 radical (unpaired) electrons. The van der Waals surface area contributed by atoms with Gasteiger partial charge in [-0.1, -0.05) is 0 Å². The third-order valence-electron chi connectivity index (χ3n) is 3.80. The van der Waals surface area contributed by atoms with Gasteiger partial charge in [0.1, 0.15) is 12.3 Å². The van der Waals surface area contributed by atoms with Gasteiger partial charge in [0.05, 0.1) is 13.2 Å². The fourth-order valence-corrected chi connectivity index (χ4v) is 4.25. The number of aryl methyl sites for hydroxylation is 1. The Kier molecular flexibility index (Phi) is 5.98. The summed E-state index contributed by atoms with van der Waals surface area (Å²) in [5.41, 5.74) is -4.94. The Morgan fingerprint density at radius 2 is 1.92 bits per heavy atom. The van der Waals surface area contributed by atoms with E-state index in [0.29, 0.717) is 0 Å². The van der Waals surface area contributed by atoms with Crippen molar-refractivity contribution < 1.29 is 27.1 Å². The molecule has 0 aromatic carbocycles. The molecule has 0 aliphatic carbocycles. The molecule has 25 heavy (non-hydrogen) atoms. The molecule has 8 nitrogen and oxygen atoms in total. The maximum atomic E-state index is 14.7.